The van der Waals surface area contributed by atoms with Gasteiger partial charge >= 0.3 is 0 Å². The number of hydrogen-bond donors (Lipinski definition) is 2. The zero-order valence-electron chi connectivity index (χ0n) is 14.2. The van der Waals surface area contributed by atoms with Gasteiger partial charge in [-0.15, -0.1) is 0 Å². The number of nitrogens with one attached hydrogen (secondary N) is 2. The van der Waals surface area contributed by atoms with Crippen molar-refractivity contribution in [2.24, 2.45) is 0 Å². The normalized spacial score (nSPS) is 14.2. The van der Waals surface area contributed by atoms with Gasteiger partial charge in [0.1, 0.15) is 5.75 Å². The lowest BCUT2D eigenvalue weighted by molar-refractivity contribution is -0.122. The molecule has 0 aliphatic carbocycles. The van der Waals surface area contributed by atoms with Crippen molar-refractivity contribution in [2.75, 3.05) is 11.9 Å². The van der Waals surface area contributed by atoms with Crippen LogP contribution in [0, 0.1) is 6.92 Å². The number of carbonyl (C=O) groups excluding carboxylic acids is 2. The van der Waals surface area contributed by atoms with Crippen molar-refractivity contribution in [1.29, 1.82) is 0 Å². The minimum absolute atomic E-state index is 0.0260. The fourth-order valence-electron chi connectivity index (χ4n) is 2.61. The molecule has 25 heavy (non-hydrogen) atoms. The number of nitrogens with zero attached hydrogens (tertiary/aromatic N) is 2. The van der Waals surface area contributed by atoms with E-state index >= 15 is 0 Å². The lowest BCUT2D eigenvalue weighted by Gasteiger charge is -2.21. The zero-order chi connectivity index (χ0) is 17.8. The van der Waals surface area contributed by atoms with Gasteiger partial charge in [0, 0.05) is 12.8 Å². The maximum Gasteiger partial charge on any atom is 0.262 e. The molecule has 8 heteroatoms. The molecule has 1 atom stereocenters. The first-order valence-corrected chi connectivity index (χ1v) is 8.16. The van der Waals surface area contributed by atoms with Gasteiger partial charge in [0.2, 0.25) is 11.8 Å². The largest absolute Gasteiger partial charge is 0.482 e. The number of ether oxygens (including phenoxy) is 1. The Morgan fingerprint density at radius 3 is 3.04 bits per heavy atom. The molecule has 2 amide bonds. The average Bonchev–Trinajstić information content (AvgIpc) is 2.99. The zero-order valence-corrected chi connectivity index (χ0v) is 14.2. The van der Waals surface area contributed by atoms with E-state index < -0.39 is 0 Å². The summed E-state index contributed by atoms with van der Waals surface area (Å²) in [5, 5.41) is 9.43. The van der Waals surface area contributed by atoms with E-state index in [0.29, 0.717) is 42.4 Å². The van der Waals surface area contributed by atoms with E-state index in [1.165, 1.54) is 0 Å². The Morgan fingerprint density at radius 2 is 2.28 bits per heavy atom. The molecule has 0 radical (unpaired) electrons. The third kappa shape index (κ3) is 4.34. The molecule has 2 aromatic rings. The Balaban J connectivity index is 1.51. The van der Waals surface area contributed by atoms with Crippen LogP contribution >= 0.6 is 0 Å². The minimum atomic E-state index is -0.183. The van der Waals surface area contributed by atoms with Crippen LogP contribution < -0.4 is 15.4 Å². The molecule has 3 rings (SSSR count). The fraction of sp³-hybridized carbons (Fsp3) is 0.412. The summed E-state index contributed by atoms with van der Waals surface area (Å²) in [4.78, 5) is 27.6. The van der Waals surface area contributed by atoms with E-state index in [4.69, 9.17) is 9.26 Å². The van der Waals surface area contributed by atoms with E-state index in [1.54, 1.807) is 13.0 Å². The molecule has 0 saturated carbocycles. The highest BCUT2D eigenvalue weighted by Crippen LogP contribution is 2.30. The highest BCUT2D eigenvalue weighted by Gasteiger charge is 2.18. The Kier molecular flexibility index (Phi) is 4.97. The van der Waals surface area contributed by atoms with E-state index in [2.05, 4.69) is 20.8 Å². The summed E-state index contributed by atoms with van der Waals surface area (Å²) < 4.78 is 10.3. The second kappa shape index (κ2) is 7.33. The number of aromatic nitrogens is 2. The van der Waals surface area contributed by atoms with Gasteiger partial charge in [-0.1, -0.05) is 11.2 Å². The van der Waals surface area contributed by atoms with Gasteiger partial charge in [0.25, 0.3) is 5.91 Å². The molecule has 0 fully saturated rings. The highest BCUT2D eigenvalue weighted by atomic mass is 16.5. The van der Waals surface area contributed by atoms with Crippen LogP contribution in [0.25, 0.3) is 0 Å². The smallest absolute Gasteiger partial charge is 0.262 e. The van der Waals surface area contributed by atoms with Crippen LogP contribution in [0.5, 0.6) is 5.75 Å². The minimum Gasteiger partial charge on any atom is -0.482 e. The number of carbonyl (C=O) groups is 2. The molecule has 2 heterocycles. The van der Waals surface area contributed by atoms with Crippen molar-refractivity contribution in [3.05, 3.63) is 35.5 Å². The van der Waals surface area contributed by atoms with E-state index in [0.717, 1.165) is 5.56 Å². The summed E-state index contributed by atoms with van der Waals surface area (Å²) in [6.07, 6.45) is 1.58. The van der Waals surface area contributed by atoms with Crippen molar-refractivity contribution in [3.63, 3.8) is 0 Å². The number of aryl methyl sites for hydroxylation is 2. The van der Waals surface area contributed by atoms with Gasteiger partial charge in [0.05, 0.1) is 11.7 Å². The van der Waals surface area contributed by atoms with Crippen molar-refractivity contribution < 1.29 is 18.8 Å². The summed E-state index contributed by atoms with van der Waals surface area (Å²) in [6, 6.07) is 5.31. The van der Waals surface area contributed by atoms with Crippen LogP contribution in [0.15, 0.2) is 22.7 Å². The first-order chi connectivity index (χ1) is 12.0. The van der Waals surface area contributed by atoms with Crippen LogP contribution in [0.1, 0.15) is 43.1 Å². The van der Waals surface area contributed by atoms with Crippen LogP contribution in [0.3, 0.4) is 0 Å². The molecule has 0 saturated heterocycles. The molecule has 0 bridgehead atoms. The molecule has 1 aliphatic heterocycles. The van der Waals surface area contributed by atoms with Crippen LogP contribution in [-0.4, -0.2) is 28.6 Å². The van der Waals surface area contributed by atoms with Gasteiger partial charge in [-0.25, -0.2) is 0 Å². The predicted molar refractivity (Wildman–Crippen MR) is 89.1 cm³/mol. The summed E-state index contributed by atoms with van der Waals surface area (Å²) >= 11 is 0. The Labute approximate surface area is 144 Å². The number of rotatable bonds is 6. The van der Waals surface area contributed by atoms with Crippen molar-refractivity contribution in [1.82, 2.24) is 15.5 Å². The third-order valence-corrected chi connectivity index (χ3v) is 3.88. The molecule has 132 valence electrons. The first kappa shape index (κ1) is 16.9. The van der Waals surface area contributed by atoms with Crippen LogP contribution in [0.4, 0.5) is 5.69 Å². The lowest BCUT2D eigenvalue weighted by Crippen LogP contribution is -2.28. The van der Waals surface area contributed by atoms with Crippen molar-refractivity contribution >= 4 is 17.5 Å². The second-order valence-corrected chi connectivity index (χ2v) is 5.97. The Morgan fingerprint density at radius 1 is 1.44 bits per heavy atom. The molecule has 0 unspecified atom stereocenters. The van der Waals surface area contributed by atoms with Gasteiger partial charge in [-0.05, 0) is 38.0 Å². The molecule has 1 aromatic heterocycles. The predicted octanol–water partition coefficient (Wildman–Crippen LogP) is 1.91. The van der Waals surface area contributed by atoms with Crippen LogP contribution in [0.2, 0.25) is 0 Å². The van der Waals surface area contributed by atoms with E-state index in [1.807, 2.05) is 19.1 Å². The number of amides is 2. The van der Waals surface area contributed by atoms with Gasteiger partial charge in [0.15, 0.2) is 12.4 Å². The Hall–Kier alpha value is -2.90. The van der Waals surface area contributed by atoms with E-state index in [9.17, 15) is 9.59 Å². The number of benzene rings is 1. The monoisotopic (exact) mass is 344 g/mol. The van der Waals surface area contributed by atoms with Gasteiger partial charge in [-0.2, -0.15) is 4.98 Å². The topological polar surface area (TPSA) is 106 Å². The molecular weight excluding hydrogens is 324 g/mol. The van der Waals surface area contributed by atoms with E-state index in [-0.39, 0.29) is 24.5 Å². The molecule has 1 aromatic carbocycles. The highest BCUT2D eigenvalue weighted by molar-refractivity contribution is 5.95. The summed E-state index contributed by atoms with van der Waals surface area (Å²) in [5.74, 6) is 1.54. The summed E-state index contributed by atoms with van der Waals surface area (Å²) in [6.45, 7) is 3.68. The average molecular weight is 344 g/mol. The molecule has 1 aliphatic rings. The maximum atomic E-state index is 12.1. The summed E-state index contributed by atoms with van der Waals surface area (Å²) in [5.41, 5.74) is 1.52. The number of fused-ring (bicyclic) bond motifs is 1. The molecule has 2 N–H and O–H groups in total. The van der Waals surface area contributed by atoms with Crippen molar-refractivity contribution in [3.8, 4) is 5.75 Å². The molecular formula is C17H20N4O4. The second-order valence-electron chi connectivity index (χ2n) is 5.97. The van der Waals surface area contributed by atoms with Crippen molar-refractivity contribution in [2.45, 2.75) is 39.2 Å². The summed E-state index contributed by atoms with van der Waals surface area (Å²) in [7, 11) is 0. The van der Waals surface area contributed by atoms with Gasteiger partial charge in [-0.3, -0.25) is 9.59 Å². The lowest BCUT2D eigenvalue weighted by atomic mass is 10.1. The third-order valence-electron chi connectivity index (χ3n) is 3.88. The standard InChI is InChI=1S/C17H20N4O4/c1-10(12-6-7-14-13(8-12)20-16(23)9-24-14)18-15(22)4-3-5-17-19-11(2)21-25-17/h6-8,10H,3-5,9H2,1-2H3,(H,18,22)(H,20,23)/t10-/m0/s1. The number of anilines is 1. The molecule has 0 spiro atoms. The quantitative estimate of drug-likeness (QED) is 0.829. The Bertz CT molecular complexity index is 787. The van der Waals surface area contributed by atoms with Gasteiger partial charge < -0.3 is 19.9 Å². The molecule has 8 nitrogen and oxygen atoms in total. The fourth-order valence-corrected chi connectivity index (χ4v) is 2.61. The first-order valence-electron chi connectivity index (χ1n) is 8.16. The SMILES string of the molecule is Cc1noc(CCCC(=O)N[C@@H](C)c2ccc3c(c2)NC(=O)CO3)n1. The van der Waals surface area contributed by atoms with Crippen LogP contribution in [-0.2, 0) is 16.0 Å². The number of hydrogen-bond acceptors (Lipinski definition) is 6. The maximum absolute atomic E-state index is 12.1.